The van der Waals surface area contributed by atoms with Crippen molar-refractivity contribution in [3.05, 3.63) is 52.9 Å². The second-order valence-corrected chi connectivity index (χ2v) is 7.98. The van der Waals surface area contributed by atoms with Gasteiger partial charge in [0.15, 0.2) is 0 Å². The average molecular weight is 353 g/mol. The maximum absolute atomic E-state index is 13.0. The molecule has 26 heavy (non-hydrogen) atoms. The number of carbonyl (C=O) groups excluding carboxylic acids is 1. The lowest BCUT2D eigenvalue weighted by Crippen LogP contribution is -2.47. The van der Waals surface area contributed by atoms with Crippen LogP contribution in [0.25, 0.3) is 0 Å². The Morgan fingerprint density at radius 1 is 1.15 bits per heavy atom. The van der Waals surface area contributed by atoms with Gasteiger partial charge in [-0.3, -0.25) is 9.69 Å². The van der Waals surface area contributed by atoms with Gasteiger partial charge in [-0.1, -0.05) is 35.5 Å². The summed E-state index contributed by atoms with van der Waals surface area (Å²) in [5.74, 6) is 0.714. The Morgan fingerprint density at radius 3 is 2.69 bits per heavy atom. The smallest absolute Gasteiger partial charge is 0.259 e. The van der Waals surface area contributed by atoms with E-state index in [1.807, 2.05) is 18.7 Å². The van der Waals surface area contributed by atoms with Crippen molar-refractivity contribution in [3.8, 4) is 0 Å². The molecule has 2 aliphatic heterocycles. The number of amides is 1. The van der Waals surface area contributed by atoms with E-state index in [1.165, 1.54) is 18.4 Å². The molecule has 0 saturated carbocycles. The summed E-state index contributed by atoms with van der Waals surface area (Å²) in [4.78, 5) is 17.6. The molecule has 3 heterocycles. The number of aromatic nitrogens is 1. The van der Waals surface area contributed by atoms with E-state index < -0.39 is 0 Å². The minimum atomic E-state index is 0.0850. The van der Waals surface area contributed by atoms with Crippen LogP contribution in [0.15, 0.2) is 34.9 Å². The Labute approximate surface area is 155 Å². The summed E-state index contributed by atoms with van der Waals surface area (Å²) in [6, 6.07) is 10.7. The maximum Gasteiger partial charge on any atom is 0.259 e. The first-order valence-electron chi connectivity index (χ1n) is 9.55. The van der Waals surface area contributed by atoms with E-state index in [0.717, 1.165) is 39.1 Å². The molecule has 2 fully saturated rings. The molecule has 0 N–H and O–H groups in total. The van der Waals surface area contributed by atoms with Crippen molar-refractivity contribution in [2.24, 2.45) is 5.41 Å². The third-order valence-corrected chi connectivity index (χ3v) is 5.96. The molecular weight excluding hydrogens is 326 g/mol. The molecule has 1 atom stereocenters. The number of carbonyl (C=O) groups is 1. The average Bonchev–Trinajstić information content (AvgIpc) is 3.18. The van der Waals surface area contributed by atoms with E-state index in [1.54, 1.807) is 0 Å². The number of hydrogen-bond donors (Lipinski definition) is 0. The zero-order chi connectivity index (χ0) is 18.1. The molecule has 0 bridgehead atoms. The Kier molecular flexibility index (Phi) is 4.57. The molecule has 5 nitrogen and oxygen atoms in total. The minimum absolute atomic E-state index is 0.0850. The third kappa shape index (κ3) is 3.28. The first kappa shape index (κ1) is 17.3. The molecule has 2 aromatic rings. The Balaban J connectivity index is 1.44. The lowest BCUT2D eigenvalue weighted by molar-refractivity contribution is 0.0524. The van der Waals surface area contributed by atoms with Crippen LogP contribution in [0, 0.1) is 19.3 Å². The van der Waals surface area contributed by atoms with Crippen LogP contribution < -0.4 is 0 Å². The molecule has 1 aromatic carbocycles. The lowest BCUT2D eigenvalue weighted by atomic mass is 9.79. The van der Waals surface area contributed by atoms with E-state index in [-0.39, 0.29) is 11.3 Å². The van der Waals surface area contributed by atoms with E-state index in [0.29, 0.717) is 17.0 Å². The summed E-state index contributed by atoms with van der Waals surface area (Å²) in [7, 11) is 0. The van der Waals surface area contributed by atoms with Crippen LogP contribution in [-0.4, -0.2) is 47.0 Å². The van der Waals surface area contributed by atoms with Crippen molar-refractivity contribution in [2.45, 2.75) is 39.7 Å². The predicted molar refractivity (Wildman–Crippen MR) is 99.9 cm³/mol. The van der Waals surface area contributed by atoms with E-state index in [9.17, 15) is 4.79 Å². The van der Waals surface area contributed by atoms with Crippen molar-refractivity contribution < 1.29 is 9.32 Å². The van der Waals surface area contributed by atoms with Crippen molar-refractivity contribution in [2.75, 3.05) is 26.2 Å². The van der Waals surface area contributed by atoms with E-state index >= 15 is 0 Å². The van der Waals surface area contributed by atoms with Crippen molar-refractivity contribution in [1.29, 1.82) is 0 Å². The topological polar surface area (TPSA) is 49.6 Å². The predicted octanol–water partition coefficient (Wildman–Crippen LogP) is 3.42. The van der Waals surface area contributed by atoms with Crippen molar-refractivity contribution in [1.82, 2.24) is 15.0 Å². The molecule has 138 valence electrons. The normalized spacial score (nSPS) is 23.7. The Bertz CT molecular complexity index is 766. The van der Waals surface area contributed by atoms with Gasteiger partial charge in [-0.05, 0) is 45.2 Å². The highest BCUT2D eigenvalue weighted by molar-refractivity contribution is 5.96. The fraction of sp³-hybridized carbons (Fsp3) is 0.524. The highest BCUT2D eigenvalue weighted by atomic mass is 16.5. The molecule has 0 aliphatic carbocycles. The van der Waals surface area contributed by atoms with Gasteiger partial charge in [0.25, 0.3) is 5.91 Å². The summed E-state index contributed by atoms with van der Waals surface area (Å²) >= 11 is 0. The quantitative estimate of drug-likeness (QED) is 0.848. The zero-order valence-corrected chi connectivity index (χ0v) is 15.7. The van der Waals surface area contributed by atoms with Crippen LogP contribution in [0.1, 0.15) is 46.6 Å². The monoisotopic (exact) mass is 353 g/mol. The third-order valence-electron chi connectivity index (χ3n) is 5.96. The van der Waals surface area contributed by atoms with Gasteiger partial charge >= 0.3 is 0 Å². The Hall–Kier alpha value is -2.14. The second-order valence-electron chi connectivity index (χ2n) is 7.98. The molecule has 0 radical (unpaired) electrons. The molecule has 2 aliphatic rings. The van der Waals surface area contributed by atoms with Gasteiger partial charge in [-0.15, -0.1) is 0 Å². The number of likely N-dealkylation sites (tertiary alicyclic amines) is 2. The van der Waals surface area contributed by atoms with Gasteiger partial charge in [0.2, 0.25) is 0 Å². The largest absolute Gasteiger partial charge is 0.361 e. The molecule has 0 unspecified atom stereocenters. The summed E-state index contributed by atoms with van der Waals surface area (Å²) < 4.78 is 5.20. The fourth-order valence-corrected chi connectivity index (χ4v) is 4.67. The van der Waals surface area contributed by atoms with Crippen molar-refractivity contribution >= 4 is 5.91 Å². The molecule has 2 saturated heterocycles. The molecule has 1 spiro atoms. The highest BCUT2D eigenvalue weighted by Crippen LogP contribution is 2.40. The van der Waals surface area contributed by atoms with Crippen LogP contribution in [0.3, 0.4) is 0 Å². The molecule has 4 rings (SSSR count). The molecule has 5 heteroatoms. The van der Waals surface area contributed by atoms with Crippen LogP contribution in [0.4, 0.5) is 0 Å². The zero-order valence-electron chi connectivity index (χ0n) is 15.7. The summed E-state index contributed by atoms with van der Waals surface area (Å²) in [6.45, 7) is 8.55. The van der Waals surface area contributed by atoms with Gasteiger partial charge in [0, 0.05) is 31.6 Å². The number of hydrogen-bond acceptors (Lipinski definition) is 4. The minimum Gasteiger partial charge on any atom is -0.361 e. The van der Waals surface area contributed by atoms with Crippen LogP contribution in [0.2, 0.25) is 0 Å². The number of rotatable bonds is 3. The maximum atomic E-state index is 13.0. The molecule has 1 amide bonds. The first-order valence-corrected chi connectivity index (χ1v) is 9.55. The molecular formula is C21H27N3O2. The van der Waals surface area contributed by atoms with Gasteiger partial charge in [0.05, 0.1) is 5.69 Å². The summed E-state index contributed by atoms with van der Waals surface area (Å²) in [5.41, 5.74) is 2.95. The first-order chi connectivity index (χ1) is 12.6. The summed E-state index contributed by atoms with van der Waals surface area (Å²) in [6.07, 6.45) is 3.46. The standard InChI is InChI=1S/C21H27N3O2/c1-16-19(17(2)26-22-16)20(25)24-11-6-9-21(15-24)10-12-23(14-21)13-18-7-4-3-5-8-18/h3-5,7-8H,6,9-15H2,1-2H3/t21-/m0/s1. The number of benzene rings is 1. The van der Waals surface area contributed by atoms with Crippen LogP contribution in [-0.2, 0) is 6.54 Å². The molecule has 1 aromatic heterocycles. The second kappa shape index (κ2) is 6.88. The van der Waals surface area contributed by atoms with E-state index in [4.69, 9.17) is 4.52 Å². The fourth-order valence-electron chi connectivity index (χ4n) is 4.67. The van der Waals surface area contributed by atoms with E-state index in [2.05, 4.69) is 40.4 Å². The lowest BCUT2D eigenvalue weighted by Gasteiger charge is -2.40. The van der Waals surface area contributed by atoms with Crippen LogP contribution in [0.5, 0.6) is 0 Å². The van der Waals surface area contributed by atoms with Gasteiger partial charge in [0.1, 0.15) is 11.3 Å². The summed E-state index contributed by atoms with van der Waals surface area (Å²) in [5, 5.41) is 3.95. The van der Waals surface area contributed by atoms with Gasteiger partial charge in [-0.2, -0.15) is 0 Å². The number of nitrogens with zero attached hydrogens (tertiary/aromatic N) is 3. The highest BCUT2D eigenvalue weighted by Gasteiger charge is 2.43. The Morgan fingerprint density at radius 2 is 1.96 bits per heavy atom. The van der Waals surface area contributed by atoms with Crippen molar-refractivity contribution in [3.63, 3.8) is 0 Å². The van der Waals surface area contributed by atoms with Gasteiger partial charge in [-0.25, -0.2) is 0 Å². The number of aryl methyl sites for hydroxylation is 2. The van der Waals surface area contributed by atoms with Gasteiger partial charge < -0.3 is 9.42 Å². The number of piperidine rings is 1. The van der Waals surface area contributed by atoms with Crippen LogP contribution >= 0.6 is 0 Å². The SMILES string of the molecule is Cc1noc(C)c1C(=O)N1CCC[C@@]2(CCN(Cc3ccccc3)C2)C1.